The van der Waals surface area contributed by atoms with Crippen molar-refractivity contribution < 1.29 is 18.3 Å². The summed E-state index contributed by atoms with van der Waals surface area (Å²) < 4.78 is 27.6. The first-order chi connectivity index (χ1) is 9.97. The van der Waals surface area contributed by atoms with Crippen molar-refractivity contribution in [2.75, 3.05) is 4.72 Å². The van der Waals surface area contributed by atoms with E-state index in [2.05, 4.69) is 9.71 Å². The normalized spacial score (nSPS) is 11.6. The van der Waals surface area contributed by atoms with Crippen molar-refractivity contribution in [1.29, 1.82) is 0 Å². The lowest BCUT2D eigenvalue weighted by Crippen LogP contribution is -2.15. The van der Waals surface area contributed by atoms with Crippen LogP contribution in [0.5, 0.6) is 0 Å². The number of sulfonamides is 1. The van der Waals surface area contributed by atoms with Gasteiger partial charge in [-0.15, -0.1) is 22.7 Å². The zero-order valence-corrected chi connectivity index (χ0v) is 12.8. The molecule has 0 saturated heterocycles. The highest BCUT2D eigenvalue weighted by atomic mass is 32.2. The Labute approximate surface area is 127 Å². The summed E-state index contributed by atoms with van der Waals surface area (Å²) in [5, 5.41) is 11.8. The number of thiazole rings is 1. The zero-order valence-electron chi connectivity index (χ0n) is 10.3. The van der Waals surface area contributed by atoms with E-state index in [1.807, 2.05) is 17.5 Å². The number of nitrogens with one attached hydrogen (secondary N) is 1. The van der Waals surface area contributed by atoms with E-state index in [1.165, 1.54) is 5.51 Å². The molecular formula is C12H8N2O4S3. The molecule has 0 aliphatic rings. The maximum absolute atomic E-state index is 12.3. The van der Waals surface area contributed by atoms with E-state index in [0.29, 0.717) is 5.69 Å². The minimum Gasteiger partial charge on any atom is -0.476 e. The molecule has 108 valence electrons. The molecule has 0 unspecified atom stereocenters. The van der Waals surface area contributed by atoms with Crippen molar-refractivity contribution in [3.63, 3.8) is 0 Å². The Kier molecular flexibility index (Phi) is 3.40. The van der Waals surface area contributed by atoms with Gasteiger partial charge in [-0.2, -0.15) is 0 Å². The number of benzene rings is 1. The third kappa shape index (κ3) is 2.62. The van der Waals surface area contributed by atoms with Crippen LogP contribution in [0.15, 0.2) is 39.4 Å². The number of hydrogen-bond acceptors (Lipinski definition) is 6. The van der Waals surface area contributed by atoms with Gasteiger partial charge in [-0.05, 0) is 35.0 Å². The molecule has 0 radical (unpaired) electrons. The summed E-state index contributed by atoms with van der Waals surface area (Å²) in [5.74, 6) is -1.37. The van der Waals surface area contributed by atoms with Crippen LogP contribution in [0.4, 0.5) is 5.69 Å². The number of rotatable bonds is 4. The van der Waals surface area contributed by atoms with Crippen molar-refractivity contribution in [3.05, 3.63) is 40.8 Å². The molecule has 0 aliphatic heterocycles. The number of carbonyl (C=O) groups is 1. The summed E-state index contributed by atoms with van der Waals surface area (Å²) in [6, 6.07) is 7.03. The summed E-state index contributed by atoms with van der Waals surface area (Å²) in [7, 11) is -3.97. The number of aromatic carboxylic acids is 1. The smallest absolute Gasteiger partial charge is 0.356 e. The van der Waals surface area contributed by atoms with Crippen LogP contribution >= 0.6 is 22.7 Å². The SMILES string of the molecule is O=C(O)c1ncsc1S(=O)(=O)Nc1ccc2sccc2c1. The fourth-order valence-electron chi connectivity index (χ4n) is 1.80. The largest absolute Gasteiger partial charge is 0.476 e. The Morgan fingerprint density at radius 2 is 2.05 bits per heavy atom. The first-order valence-electron chi connectivity index (χ1n) is 5.64. The molecule has 2 aromatic heterocycles. The van der Waals surface area contributed by atoms with Gasteiger partial charge in [0.25, 0.3) is 10.0 Å². The van der Waals surface area contributed by atoms with Gasteiger partial charge in [-0.3, -0.25) is 4.72 Å². The molecule has 1 aromatic carbocycles. The highest BCUT2D eigenvalue weighted by Gasteiger charge is 2.25. The van der Waals surface area contributed by atoms with Crippen LogP contribution in [0.1, 0.15) is 10.5 Å². The van der Waals surface area contributed by atoms with Gasteiger partial charge in [0.05, 0.1) is 5.51 Å². The molecule has 6 nitrogen and oxygen atoms in total. The van der Waals surface area contributed by atoms with Crippen molar-refractivity contribution in [3.8, 4) is 0 Å². The van der Waals surface area contributed by atoms with Crippen molar-refractivity contribution in [1.82, 2.24) is 4.98 Å². The Morgan fingerprint density at radius 3 is 2.81 bits per heavy atom. The lowest BCUT2D eigenvalue weighted by molar-refractivity contribution is 0.0687. The number of carboxylic acids is 1. The number of thiophene rings is 1. The minimum atomic E-state index is -3.97. The van der Waals surface area contributed by atoms with Gasteiger partial charge in [0, 0.05) is 10.4 Å². The summed E-state index contributed by atoms with van der Waals surface area (Å²) in [4.78, 5) is 14.5. The molecule has 0 amide bonds. The highest BCUT2D eigenvalue weighted by Crippen LogP contribution is 2.27. The van der Waals surface area contributed by atoms with Crippen molar-refractivity contribution in [2.45, 2.75) is 4.21 Å². The second-order valence-corrected chi connectivity index (χ2v) is 7.75. The lowest BCUT2D eigenvalue weighted by Gasteiger charge is -2.06. The molecule has 2 N–H and O–H groups in total. The third-order valence-electron chi connectivity index (χ3n) is 2.69. The molecule has 0 bridgehead atoms. The first-order valence-corrected chi connectivity index (χ1v) is 8.88. The van der Waals surface area contributed by atoms with E-state index in [0.717, 1.165) is 21.4 Å². The summed E-state index contributed by atoms with van der Waals surface area (Å²) in [5.41, 5.74) is 1.11. The van der Waals surface area contributed by atoms with Crippen LogP contribution in [0.25, 0.3) is 10.1 Å². The van der Waals surface area contributed by atoms with E-state index >= 15 is 0 Å². The maximum atomic E-state index is 12.3. The Balaban J connectivity index is 1.98. The number of carboxylic acid groups (broad SMARTS) is 1. The predicted molar refractivity (Wildman–Crippen MR) is 81.7 cm³/mol. The molecule has 21 heavy (non-hydrogen) atoms. The average molecular weight is 340 g/mol. The average Bonchev–Trinajstić information content (AvgIpc) is 3.06. The highest BCUT2D eigenvalue weighted by molar-refractivity contribution is 7.94. The number of fused-ring (bicyclic) bond motifs is 1. The van der Waals surface area contributed by atoms with Gasteiger partial charge in [-0.1, -0.05) is 0 Å². The summed E-state index contributed by atoms with van der Waals surface area (Å²) >= 11 is 2.32. The van der Waals surface area contributed by atoms with Crippen LogP contribution in [0.2, 0.25) is 0 Å². The molecule has 0 fully saturated rings. The first kappa shape index (κ1) is 14.0. The van der Waals surface area contributed by atoms with Gasteiger partial charge in [0.15, 0.2) is 9.90 Å². The number of aromatic nitrogens is 1. The summed E-state index contributed by atoms with van der Waals surface area (Å²) in [6.07, 6.45) is 0. The van der Waals surface area contributed by atoms with E-state index < -0.39 is 21.7 Å². The monoisotopic (exact) mass is 340 g/mol. The molecule has 0 aliphatic carbocycles. The molecule has 3 rings (SSSR count). The standard InChI is InChI=1S/C12H8N2O4S3/c15-11(16)10-12(20-6-13-10)21(17,18)14-8-1-2-9-7(5-8)3-4-19-9/h1-6,14H,(H,15,16). The van der Waals surface area contributed by atoms with E-state index in [4.69, 9.17) is 5.11 Å². The molecule has 0 atom stereocenters. The van der Waals surface area contributed by atoms with Crippen LogP contribution < -0.4 is 4.72 Å². The fraction of sp³-hybridized carbons (Fsp3) is 0. The number of hydrogen-bond donors (Lipinski definition) is 2. The molecule has 0 saturated carbocycles. The van der Waals surface area contributed by atoms with Crippen LogP contribution in [-0.2, 0) is 10.0 Å². The van der Waals surface area contributed by atoms with Crippen molar-refractivity contribution in [2.24, 2.45) is 0 Å². The van der Waals surface area contributed by atoms with Crippen molar-refractivity contribution >= 4 is 54.4 Å². The fourth-order valence-corrected chi connectivity index (χ4v) is 4.76. The number of nitrogens with zero attached hydrogens (tertiary/aromatic N) is 1. The quantitative estimate of drug-likeness (QED) is 0.761. The topological polar surface area (TPSA) is 96.4 Å². The summed E-state index contributed by atoms with van der Waals surface area (Å²) in [6.45, 7) is 0. The maximum Gasteiger partial charge on any atom is 0.356 e. The molecule has 9 heteroatoms. The lowest BCUT2D eigenvalue weighted by atomic mass is 10.2. The molecular weight excluding hydrogens is 332 g/mol. The van der Waals surface area contributed by atoms with E-state index in [1.54, 1.807) is 23.5 Å². The predicted octanol–water partition coefficient (Wildman–Crippen LogP) is 2.86. The Morgan fingerprint density at radius 1 is 1.24 bits per heavy atom. The zero-order chi connectivity index (χ0) is 15.0. The van der Waals surface area contributed by atoms with Gasteiger partial charge >= 0.3 is 5.97 Å². The van der Waals surface area contributed by atoms with Crippen LogP contribution in [-0.4, -0.2) is 24.5 Å². The van der Waals surface area contributed by atoms with Gasteiger partial charge in [0.2, 0.25) is 0 Å². The van der Waals surface area contributed by atoms with Crippen LogP contribution in [0, 0.1) is 0 Å². The third-order valence-corrected chi connectivity index (χ3v) is 6.34. The number of anilines is 1. The molecule has 0 spiro atoms. The second-order valence-electron chi connectivity index (χ2n) is 4.07. The molecule has 3 aromatic rings. The second kappa shape index (κ2) is 5.10. The Hall–Kier alpha value is -1.97. The minimum absolute atomic E-state index is 0.305. The van der Waals surface area contributed by atoms with E-state index in [-0.39, 0.29) is 4.21 Å². The van der Waals surface area contributed by atoms with Gasteiger partial charge in [0.1, 0.15) is 0 Å². The van der Waals surface area contributed by atoms with E-state index in [9.17, 15) is 13.2 Å². The Bertz CT molecular complexity index is 927. The van der Waals surface area contributed by atoms with Crippen LogP contribution in [0.3, 0.4) is 0 Å². The van der Waals surface area contributed by atoms with Gasteiger partial charge in [-0.25, -0.2) is 18.2 Å². The van der Waals surface area contributed by atoms with Gasteiger partial charge < -0.3 is 5.11 Å². The molecule has 2 heterocycles.